The van der Waals surface area contributed by atoms with Gasteiger partial charge < -0.3 is 10.2 Å². The SMILES string of the molecule is CC(C)CNC(=O)Cc1csc(CN(C)C)n1. The average Bonchev–Trinajstić information content (AvgIpc) is 2.61. The van der Waals surface area contributed by atoms with Crippen LogP contribution in [0.3, 0.4) is 0 Å². The molecule has 1 amide bonds. The van der Waals surface area contributed by atoms with Gasteiger partial charge >= 0.3 is 0 Å². The molecule has 4 nitrogen and oxygen atoms in total. The van der Waals surface area contributed by atoms with Gasteiger partial charge in [-0.2, -0.15) is 0 Å². The van der Waals surface area contributed by atoms with E-state index in [1.807, 2.05) is 19.5 Å². The van der Waals surface area contributed by atoms with Crippen LogP contribution in [0.25, 0.3) is 0 Å². The fraction of sp³-hybridized carbons (Fsp3) is 0.667. The van der Waals surface area contributed by atoms with E-state index >= 15 is 0 Å². The van der Waals surface area contributed by atoms with Crippen molar-refractivity contribution in [2.75, 3.05) is 20.6 Å². The maximum Gasteiger partial charge on any atom is 0.226 e. The highest BCUT2D eigenvalue weighted by Crippen LogP contribution is 2.11. The second-order valence-electron chi connectivity index (χ2n) is 4.85. The number of thiazole rings is 1. The molecule has 96 valence electrons. The Hall–Kier alpha value is -0.940. The van der Waals surface area contributed by atoms with E-state index in [-0.39, 0.29) is 5.91 Å². The molecule has 5 heteroatoms. The number of rotatable bonds is 6. The topological polar surface area (TPSA) is 45.2 Å². The minimum absolute atomic E-state index is 0.0559. The summed E-state index contributed by atoms with van der Waals surface area (Å²) >= 11 is 1.61. The Balaban J connectivity index is 2.40. The molecule has 0 spiro atoms. The molecule has 1 N–H and O–H groups in total. The van der Waals surface area contributed by atoms with Gasteiger partial charge in [0.2, 0.25) is 5.91 Å². The van der Waals surface area contributed by atoms with Crippen LogP contribution in [-0.2, 0) is 17.8 Å². The van der Waals surface area contributed by atoms with E-state index in [0.717, 1.165) is 23.8 Å². The van der Waals surface area contributed by atoms with Crippen LogP contribution < -0.4 is 5.32 Å². The number of carbonyl (C=O) groups is 1. The van der Waals surface area contributed by atoms with Gasteiger partial charge in [-0.15, -0.1) is 11.3 Å². The Bertz CT molecular complexity index is 360. The van der Waals surface area contributed by atoms with Crippen LogP contribution in [-0.4, -0.2) is 36.4 Å². The lowest BCUT2D eigenvalue weighted by Crippen LogP contribution is -2.28. The summed E-state index contributed by atoms with van der Waals surface area (Å²) in [7, 11) is 4.02. The van der Waals surface area contributed by atoms with Crippen molar-refractivity contribution in [3.05, 3.63) is 16.1 Å². The first kappa shape index (κ1) is 14.1. The molecule has 0 saturated carbocycles. The molecule has 0 radical (unpaired) electrons. The lowest BCUT2D eigenvalue weighted by Gasteiger charge is -2.06. The number of hydrogen-bond donors (Lipinski definition) is 1. The van der Waals surface area contributed by atoms with Crippen molar-refractivity contribution in [2.45, 2.75) is 26.8 Å². The summed E-state index contributed by atoms with van der Waals surface area (Å²) < 4.78 is 0. The average molecular weight is 255 g/mol. The van der Waals surface area contributed by atoms with Gasteiger partial charge in [0.25, 0.3) is 0 Å². The first-order valence-electron chi connectivity index (χ1n) is 5.82. The van der Waals surface area contributed by atoms with E-state index in [2.05, 4.69) is 29.0 Å². The summed E-state index contributed by atoms with van der Waals surface area (Å²) in [5.41, 5.74) is 0.869. The Kier molecular flexibility index (Phi) is 5.58. The zero-order valence-corrected chi connectivity index (χ0v) is 11.8. The molecule has 0 bridgehead atoms. The van der Waals surface area contributed by atoms with Gasteiger partial charge in [0, 0.05) is 18.5 Å². The molecule has 1 rings (SSSR count). The molecule has 0 saturated heterocycles. The third-order valence-electron chi connectivity index (χ3n) is 2.10. The summed E-state index contributed by atoms with van der Waals surface area (Å²) in [6, 6.07) is 0. The summed E-state index contributed by atoms with van der Waals surface area (Å²) in [4.78, 5) is 18.1. The minimum Gasteiger partial charge on any atom is -0.356 e. The van der Waals surface area contributed by atoms with Gasteiger partial charge in [0.05, 0.1) is 12.1 Å². The molecule has 17 heavy (non-hydrogen) atoms. The fourth-order valence-corrected chi connectivity index (χ4v) is 2.23. The molecule has 0 aliphatic heterocycles. The molecular weight excluding hydrogens is 234 g/mol. The molecular formula is C12H21N3OS. The smallest absolute Gasteiger partial charge is 0.226 e. The van der Waals surface area contributed by atoms with Crippen molar-refractivity contribution in [1.29, 1.82) is 0 Å². The van der Waals surface area contributed by atoms with Crippen molar-refractivity contribution in [3.8, 4) is 0 Å². The van der Waals surface area contributed by atoms with Crippen molar-refractivity contribution in [2.24, 2.45) is 5.92 Å². The molecule has 0 unspecified atom stereocenters. The number of amides is 1. The van der Waals surface area contributed by atoms with Crippen LogP contribution in [0.1, 0.15) is 24.5 Å². The number of aromatic nitrogens is 1. The van der Waals surface area contributed by atoms with Crippen molar-refractivity contribution >= 4 is 17.2 Å². The van der Waals surface area contributed by atoms with Crippen LogP contribution in [0.15, 0.2) is 5.38 Å². The van der Waals surface area contributed by atoms with E-state index in [4.69, 9.17) is 0 Å². The van der Waals surface area contributed by atoms with Crippen LogP contribution >= 0.6 is 11.3 Å². The number of hydrogen-bond acceptors (Lipinski definition) is 4. The van der Waals surface area contributed by atoms with Gasteiger partial charge in [-0.1, -0.05) is 13.8 Å². The molecule has 1 aromatic heterocycles. The maximum atomic E-state index is 11.6. The zero-order chi connectivity index (χ0) is 12.8. The predicted octanol–water partition coefficient (Wildman–Crippen LogP) is 1.52. The third kappa shape index (κ3) is 5.79. The zero-order valence-electron chi connectivity index (χ0n) is 11.0. The lowest BCUT2D eigenvalue weighted by molar-refractivity contribution is -0.120. The largest absolute Gasteiger partial charge is 0.356 e. The molecule has 0 aliphatic rings. The van der Waals surface area contributed by atoms with Crippen molar-refractivity contribution in [1.82, 2.24) is 15.2 Å². The number of carbonyl (C=O) groups excluding carboxylic acids is 1. The van der Waals surface area contributed by atoms with Crippen LogP contribution in [0.5, 0.6) is 0 Å². The van der Waals surface area contributed by atoms with Crippen molar-refractivity contribution in [3.63, 3.8) is 0 Å². The van der Waals surface area contributed by atoms with Crippen LogP contribution in [0.4, 0.5) is 0 Å². The van der Waals surface area contributed by atoms with E-state index in [1.54, 1.807) is 11.3 Å². The predicted molar refractivity (Wildman–Crippen MR) is 71.1 cm³/mol. The van der Waals surface area contributed by atoms with E-state index < -0.39 is 0 Å². The highest BCUT2D eigenvalue weighted by atomic mass is 32.1. The summed E-state index contributed by atoms with van der Waals surface area (Å²) in [5.74, 6) is 0.541. The molecule has 0 fully saturated rings. The fourth-order valence-electron chi connectivity index (χ4n) is 1.32. The molecule has 1 aromatic rings. The van der Waals surface area contributed by atoms with Gasteiger partial charge in [0.1, 0.15) is 5.01 Å². The minimum atomic E-state index is 0.0559. The first-order valence-corrected chi connectivity index (χ1v) is 6.70. The molecule has 0 aromatic carbocycles. The van der Waals surface area contributed by atoms with Crippen LogP contribution in [0, 0.1) is 5.92 Å². The molecule has 0 aliphatic carbocycles. The Morgan fingerprint density at radius 2 is 2.24 bits per heavy atom. The molecule has 0 atom stereocenters. The van der Waals surface area contributed by atoms with E-state index in [1.165, 1.54) is 0 Å². The third-order valence-corrected chi connectivity index (χ3v) is 2.98. The second kappa shape index (κ2) is 6.71. The molecule has 1 heterocycles. The number of nitrogens with zero attached hydrogens (tertiary/aromatic N) is 2. The highest BCUT2D eigenvalue weighted by molar-refractivity contribution is 7.09. The quantitative estimate of drug-likeness (QED) is 0.838. The normalized spacial score (nSPS) is 11.2. The summed E-state index contributed by atoms with van der Waals surface area (Å²) in [5, 5.41) is 5.92. The van der Waals surface area contributed by atoms with Gasteiger partial charge in [-0.05, 0) is 20.0 Å². The van der Waals surface area contributed by atoms with E-state index in [0.29, 0.717) is 12.3 Å². The van der Waals surface area contributed by atoms with Gasteiger partial charge in [-0.3, -0.25) is 4.79 Å². The standard InChI is InChI=1S/C12H21N3OS/c1-9(2)6-13-11(16)5-10-8-17-12(14-10)7-15(3)4/h8-9H,5-7H2,1-4H3,(H,13,16). The lowest BCUT2D eigenvalue weighted by atomic mass is 10.2. The summed E-state index contributed by atoms with van der Waals surface area (Å²) in [6.07, 6.45) is 0.386. The summed E-state index contributed by atoms with van der Waals surface area (Å²) in [6.45, 7) is 5.72. The van der Waals surface area contributed by atoms with Gasteiger partial charge in [-0.25, -0.2) is 4.98 Å². The Labute approximate surface area is 107 Å². The Morgan fingerprint density at radius 1 is 1.53 bits per heavy atom. The van der Waals surface area contributed by atoms with E-state index in [9.17, 15) is 4.79 Å². The highest BCUT2D eigenvalue weighted by Gasteiger charge is 2.08. The van der Waals surface area contributed by atoms with Gasteiger partial charge in [0.15, 0.2) is 0 Å². The monoisotopic (exact) mass is 255 g/mol. The first-order chi connectivity index (χ1) is 7.97. The van der Waals surface area contributed by atoms with Crippen LogP contribution in [0.2, 0.25) is 0 Å². The Morgan fingerprint density at radius 3 is 2.82 bits per heavy atom. The number of nitrogens with one attached hydrogen (secondary N) is 1. The van der Waals surface area contributed by atoms with Crippen molar-refractivity contribution < 1.29 is 4.79 Å². The second-order valence-corrected chi connectivity index (χ2v) is 5.79. The maximum absolute atomic E-state index is 11.6.